The molecule has 0 unspecified atom stereocenters. The van der Waals surface area contributed by atoms with Crippen molar-refractivity contribution < 1.29 is 14.3 Å². The first-order valence-electron chi connectivity index (χ1n) is 7.84. The SMILES string of the molecule is COC(=O)CCc1ccc(Oc2c(C(C)(C)C)n[nH]c(=O)c2Cl)cc1. The van der Waals surface area contributed by atoms with Crippen LogP contribution in [0.5, 0.6) is 11.5 Å². The van der Waals surface area contributed by atoms with Crippen LogP contribution in [0.15, 0.2) is 29.1 Å². The summed E-state index contributed by atoms with van der Waals surface area (Å²) in [6.07, 6.45) is 0.891. The average molecular weight is 365 g/mol. The molecule has 0 spiro atoms. The fourth-order valence-electron chi connectivity index (χ4n) is 2.21. The minimum Gasteiger partial charge on any atom is -0.469 e. The molecule has 0 fully saturated rings. The zero-order valence-electron chi connectivity index (χ0n) is 14.7. The quantitative estimate of drug-likeness (QED) is 0.819. The number of rotatable bonds is 5. The van der Waals surface area contributed by atoms with E-state index in [2.05, 4.69) is 14.9 Å². The summed E-state index contributed by atoms with van der Waals surface area (Å²) in [7, 11) is 1.37. The number of nitrogens with one attached hydrogen (secondary N) is 1. The van der Waals surface area contributed by atoms with Gasteiger partial charge in [-0.2, -0.15) is 5.10 Å². The predicted octanol–water partition coefficient (Wildman–Crippen LogP) is 3.62. The number of ether oxygens (including phenoxy) is 2. The lowest BCUT2D eigenvalue weighted by Gasteiger charge is -2.21. The minimum absolute atomic E-state index is 0.0327. The van der Waals surface area contributed by atoms with Gasteiger partial charge in [-0.3, -0.25) is 9.59 Å². The molecular formula is C18H21ClN2O4. The number of carbonyl (C=O) groups is 1. The van der Waals surface area contributed by atoms with Gasteiger partial charge < -0.3 is 9.47 Å². The van der Waals surface area contributed by atoms with E-state index in [1.54, 1.807) is 12.1 Å². The Balaban J connectivity index is 2.24. The highest BCUT2D eigenvalue weighted by atomic mass is 35.5. The molecule has 1 aromatic heterocycles. The number of hydrogen-bond acceptors (Lipinski definition) is 5. The number of benzene rings is 1. The topological polar surface area (TPSA) is 81.3 Å². The number of aromatic nitrogens is 2. The third kappa shape index (κ3) is 4.82. The monoisotopic (exact) mass is 364 g/mol. The molecule has 6 nitrogen and oxygen atoms in total. The van der Waals surface area contributed by atoms with Crippen LogP contribution in [0.1, 0.15) is 38.4 Å². The molecule has 7 heteroatoms. The first-order valence-corrected chi connectivity index (χ1v) is 8.22. The summed E-state index contributed by atoms with van der Waals surface area (Å²) in [5.41, 5.74) is 0.680. The van der Waals surface area contributed by atoms with Crippen LogP contribution >= 0.6 is 11.6 Å². The molecular weight excluding hydrogens is 344 g/mol. The Labute approximate surface area is 151 Å². The highest BCUT2D eigenvalue weighted by molar-refractivity contribution is 6.31. The Kier molecular flexibility index (Phi) is 5.85. The Bertz CT molecular complexity index is 807. The van der Waals surface area contributed by atoms with Crippen LogP contribution in [0.3, 0.4) is 0 Å². The summed E-state index contributed by atoms with van der Waals surface area (Å²) >= 11 is 6.13. The zero-order valence-corrected chi connectivity index (χ0v) is 15.4. The van der Waals surface area contributed by atoms with Crippen molar-refractivity contribution in [2.45, 2.75) is 39.0 Å². The van der Waals surface area contributed by atoms with Gasteiger partial charge in [0.05, 0.1) is 7.11 Å². The molecule has 0 bridgehead atoms. The smallest absolute Gasteiger partial charge is 0.305 e. The van der Waals surface area contributed by atoms with Crippen molar-refractivity contribution in [2.24, 2.45) is 0 Å². The second kappa shape index (κ2) is 7.70. The highest BCUT2D eigenvalue weighted by Gasteiger charge is 2.25. The largest absolute Gasteiger partial charge is 0.469 e. The lowest BCUT2D eigenvalue weighted by atomic mass is 9.91. The molecule has 0 saturated heterocycles. The summed E-state index contributed by atoms with van der Waals surface area (Å²) in [5.74, 6) is 0.526. The van der Waals surface area contributed by atoms with Crippen LogP contribution in [0, 0.1) is 0 Å². The number of esters is 1. The van der Waals surface area contributed by atoms with Crippen LogP contribution in [0.2, 0.25) is 5.02 Å². The van der Waals surface area contributed by atoms with Gasteiger partial charge in [-0.15, -0.1) is 0 Å². The molecule has 0 radical (unpaired) electrons. The van der Waals surface area contributed by atoms with Gasteiger partial charge in [0.15, 0.2) is 10.8 Å². The molecule has 0 saturated carbocycles. The van der Waals surface area contributed by atoms with Crippen molar-refractivity contribution in [2.75, 3.05) is 7.11 Å². The number of methoxy groups -OCH3 is 1. The molecule has 0 aliphatic carbocycles. The van der Waals surface area contributed by atoms with Crippen molar-refractivity contribution in [1.29, 1.82) is 0 Å². The van der Waals surface area contributed by atoms with Gasteiger partial charge in [0.1, 0.15) is 11.4 Å². The van der Waals surface area contributed by atoms with E-state index >= 15 is 0 Å². The standard InChI is InChI=1S/C18H21ClN2O4/c1-18(2,3)16-15(14(19)17(23)21-20-16)25-12-8-5-11(6-9-12)7-10-13(22)24-4/h5-6,8-9H,7,10H2,1-4H3,(H,21,23). The van der Waals surface area contributed by atoms with E-state index in [1.165, 1.54) is 7.11 Å². The summed E-state index contributed by atoms with van der Waals surface area (Å²) in [6, 6.07) is 7.22. The molecule has 0 atom stereocenters. The minimum atomic E-state index is -0.501. The Hall–Kier alpha value is -2.34. The van der Waals surface area contributed by atoms with Crippen LogP contribution < -0.4 is 10.3 Å². The van der Waals surface area contributed by atoms with Crippen molar-refractivity contribution in [3.63, 3.8) is 0 Å². The average Bonchev–Trinajstić information content (AvgIpc) is 2.57. The predicted molar refractivity (Wildman–Crippen MR) is 95.4 cm³/mol. The fourth-order valence-corrected chi connectivity index (χ4v) is 2.38. The molecule has 1 aromatic carbocycles. The zero-order chi connectivity index (χ0) is 18.6. The van der Waals surface area contributed by atoms with E-state index in [0.717, 1.165) is 5.56 Å². The number of H-pyrrole nitrogens is 1. The van der Waals surface area contributed by atoms with E-state index in [4.69, 9.17) is 16.3 Å². The number of nitrogens with zero attached hydrogens (tertiary/aromatic N) is 1. The maximum Gasteiger partial charge on any atom is 0.305 e. The van der Waals surface area contributed by atoms with E-state index in [-0.39, 0.29) is 22.2 Å². The van der Waals surface area contributed by atoms with Gasteiger partial charge in [0, 0.05) is 11.8 Å². The maximum atomic E-state index is 11.8. The summed E-state index contributed by atoms with van der Waals surface area (Å²) in [5, 5.41) is 6.43. The van der Waals surface area contributed by atoms with Crippen molar-refractivity contribution in [1.82, 2.24) is 10.2 Å². The first kappa shape index (κ1) is 19.0. The molecule has 0 aliphatic rings. The van der Waals surface area contributed by atoms with Crippen molar-refractivity contribution >= 4 is 17.6 Å². The fraction of sp³-hybridized carbons (Fsp3) is 0.389. The van der Waals surface area contributed by atoms with Crippen LogP contribution in [0.25, 0.3) is 0 Å². The second-order valence-electron chi connectivity index (χ2n) is 6.62. The molecule has 1 N–H and O–H groups in total. The van der Waals surface area contributed by atoms with Gasteiger partial charge in [0.25, 0.3) is 5.56 Å². The van der Waals surface area contributed by atoms with Crippen LogP contribution in [-0.2, 0) is 21.4 Å². The lowest BCUT2D eigenvalue weighted by Crippen LogP contribution is -2.21. The Morgan fingerprint density at radius 2 is 1.88 bits per heavy atom. The molecule has 1 heterocycles. The van der Waals surface area contributed by atoms with E-state index in [0.29, 0.717) is 24.3 Å². The third-order valence-corrected chi connectivity index (χ3v) is 3.93. The van der Waals surface area contributed by atoms with Crippen LogP contribution in [-0.4, -0.2) is 23.3 Å². The molecule has 25 heavy (non-hydrogen) atoms. The Morgan fingerprint density at radius 1 is 1.24 bits per heavy atom. The Morgan fingerprint density at radius 3 is 2.44 bits per heavy atom. The second-order valence-corrected chi connectivity index (χ2v) is 6.99. The first-order chi connectivity index (χ1) is 11.7. The summed E-state index contributed by atoms with van der Waals surface area (Å²) in [6.45, 7) is 5.85. The number of hydrogen-bond donors (Lipinski definition) is 1. The number of halogens is 1. The number of aromatic amines is 1. The molecule has 2 aromatic rings. The van der Waals surface area contributed by atoms with Crippen molar-refractivity contribution in [3.8, 4) is 11.5 Å². The van der Waals surface area contributed by atoms with E-state index < -0.39 is 5.56 Å². The van der Waals surface area contributed by atoms with Gasteiger partial charge >= 0.3 is 5.97 Å². The summed E-state index contributed by atoms with van der Waals surface area (Å²) < 4.78 is 10.5. The third-order valence-electron chi connectivity index (χ3n) is 3.58. The van der Waals surface area contributed by atoms with Crippen LogP contribution in [0.4, 0.5) is 0 Å². The van der Waals surface area contributed by atoms with E-state index in [1.807, 2.05) is 32.9 Å². The molecule has 0 aliphatic heterocycles. The lowest BCUT2D eigenvalue weighted by molar-refractivity contribution is -0.140. The number of aryl methyl sites for hydroxylation is 1. The van der Waals surface area contributed by atoms with Gasteiger partial charge in [-0.05, 0) is 24.1 Å². The molecule has 134 valence electrons. The maximum absolute atomic E-state index is 11.8. The normalized spacial score (nSPS) is 11.2. The number of carbonyl (C=O) groups excluding carboxylic acids is 1. The van der Waals surface area contributed by atoms with Gasteiger partial charge in [-0.25, -0.2) is 5.10 Å². The molecule has 2 rings (SSSR count). The van der Waals surface area contributed by atoms with E-state index in [9.17, 15) is 9.59 Å². The highest BCUT2D eigenvalue weighted by Crippen LogP contribution is 2.35. The molecule has 0 amide bonds. The van der Waals surface area contributed by atoms with Gasteiger partial charge in [0.2, 0.25) is 0 Å². The van der Waals surface area contributed by atoms with Gasteiger partial charge in [-0.1, -0.05) is 44.5 Å². The van der Waals surface area contributed by atoms with Crippen molar-refractivity contribution in [3.05, 3.63) is 50.9 Å². The summed E-state index contributed by atoms with van der Waals surface area (Å²) in [4.78, 5) is 23.0.